The lowest BCUT2D eigenvalue weighted by atomic mass is 10.2. The molecule has 26 heavy (non-hydrogen) atoms. The molecule has 0 fully saturated rings. The van der Waals surface area contributed by atoms with E-state index in [-0.39, 0.29) is 11.7 Å². The highest BCUT2D eigenvalue weighted by Gasteiger charge is 2.14. The first-order chi connectivity index (χ1) is 12.6. The summed E-state index contributed by atoms with van der Waals surface area (Å²) in [7, 11) is 1.60. The van der Waals surface area contributed by atoms with Gasteiger partial charge >= 0.3 is 0 Å². The van der Waals surface area contributed by atoms with Gasteiger partial charge in [0.25, 0.3) is 0 Å². The number of hydrogen-bond donors (Lipinski definition) is 2. The number of nitrogens with one attached hydrogen (secondary N) is 1. The molecule has 3 aromatic rings. The third-order valence-corrected chi connectivity index (χ3v) is 4.77. The molecule has 3 N–H and O–H groups in total. The lowest BCUT2D eigenvalue weighted by molar-refractivity contribution is -0.113. The number of halogens is 1. The van der Waals surface area contributed by atoms with Crippen molar-refractivity contribution in [1.29, 1.82) is 0 Å². The van der Waals surface area contributed by atoms with Crippen LogP contribution in [-0.2, 0) is 4.79 Å². The van der Waals surface area contributed by atoms with Crippen LogP contribution in [0.2, 0.25) is 5.02 Å². The molecule has 0 saturated heterocycles. The highest BCUT2D eigenvalue weighted by Crippen LogP contribution is 2.24. The maximum atomic E-state index is 12.1. The maximum absolute atomic E-state index is 12.1. The fourth-order valence-corrected chi connectivity index (χ4v) is 3.03. The van der Waals surface area contributed by atoms with E-state index in [2.05, 4.69) is 15.5 Å². The Balaban J connectivity index is 1.64. The van der Waals surface area contributed by atoms with E-state index in [0.717, 1.165) is 11.3 Å². The summed E-state index contributed by atoms with van der Waals surface area (Å²) in [5.74, 6) is 7.21. The molecule has 134 valence electrons. The zero-order valence-electron chi connectivity index (χ0n) is 13.8. The van der Waals surface area contributed by atoms with Gasteiger partial charge in [0.2, 0.25) is 11.1 Å². The Kier molecular flexibility index (Phi) is 5.65. The van der Waals surface area contributed by atoms with E-state index < -0.39 is 0 Å². The Morgan fingerprint density at radius 3 is 2.65 bits per heavy atom. The predicted molar refractivity (Wildman–Crippen MR) is 103 cm³/mol. The van der Waals surface area contributed by atoms with Crippen molar-refractivity contribution in [3.8, 4) is 17.1 Å². The Labute approximate surface area is 159 Å². The van der Waals surface area contributed by atoms with Crippen LogP contribution in [0.4, 0.5) is 5.69 Å². The normalized spacial score (nSPS) is 10.5. The SMILES string of the molecule is COc1ccc(-c2nnc(SCC(=O)Nc3ccccc3Cl)n2N)cc1. The van der Waals surface area contributed by atoms with Gasteiger partial charge in [-0.25, -0.2) is 4.68 Å². The van der Waals surface area contributed by atoms with Gasteiger partial charge in [0.15, 0.2) is 5.82 Å². The van der Waals surface area contributed by atoms with Crippen molar-refractivity contribution in [2.45, 2.75) is 5.16 Å². The molecule has 3 rings (SSSR count). The number of carbonyl (C=O) groups excluding carboxylic acids is 1. The largest absolute Gasteiger partial charge is 0.497 e. The lowest BCUT2D eigenvalue weighted by Crippen LogP contribution is -2.16. The molecule has 0 unspecified atom stereocenters. The van der Waals surface area contributed by atoms with Crippen LogP contribution in [0.3, 0.4) is 0 Å². The van der Waals surface area contributed by atoms with Gasteiger partial charge in [-0.15, -0.1) is 10.2 Å². The molecule has 7 nitrogen and oxygen atoms in total. The van der Waals surface area contributed by atoms with Crippen LogP contribution < -0.4 is 15.9 Å². The van der Waals surface area contributed by atoms with Crippen molar-refractivity contribution in [3.05, 3.63) is 53.6 Å². The molecule has 1 heterocycles. The Morgan fingerprint density at radius 2 is 1.96 bits per heavy atom. The number of nitrogens with zero attached hydrogens (tertiary/aromatic N) is 3. The minimum absolute atomic E-state index is 0.128. The number of carbonyl (C=O) groups is 1. The number of methoxy groups -OCH3 is 1. The molecule has 2 aromatic carbocycles. The molecule has 0 bridgehead atoms. The van der Waals surface area contributed by atoms with E-state index in [1.54, 1.807) is 31.4 Å². The zero-order chi connectivity index (χ0) is 18.5. The first-order valence-corrected chi connectivity index (χ1v) is 8.97. The average molecular weight is 390 g/mol. The first-order valence-electron chi connectivity index (χ1n) is 7.60. The number of rotatable bonds is 6. The van der Waals surface area contributed by atoms with Crippen molar-refractivity contribution in [3.63, 3.8) is 0 Å². The second-order valence-electron chi connectivity index (χ2n) is 5.22. The fourth-order valence-electron chi connectivity index (χ4n) is 2.19. The van der Waals surface area contributed by atoms with E-state index in [9.17, 15) is 4.79 Å². The third kappa shape index (κ3) is 4.09. The number of nitrogen functional groups attached to an aromatic ring is 1. The van der Waals surface area contributed by atoms with Gasteiger partial charge in [0, 0.05) is 5.56 Å². The molecule has 0 aliphatic heterocycles. The van der Waals surface area contributed by atoms with Gasteiger partial charge in [0.1, 0.15) is 5.75 Å². The molecule has 0 aliphatic rings. The quantitative estimate of drug-likeness (QED) is 0.497. The van der Waals surface area contributed by atoms with E-state index in [1.807, 2.05) is 24.3 Å². The van der Waals surface area contributed by atoms with Gasteiger partial charge in [-0.3, -0.25) is 4.79 Å². The van der Waals surface area contributed by atoms with Crippen molar-refractivity contribution >= 4 is 35.0 Å². The highest BCUT2D eigenvalue weighted by atomic mass is 35.5. The molecule has 1 aromatic heterocycles. The molecular weight excluding hydrogens is 374 g/mol. The summed E-state index contributed by atoms with van der Waals surface area (Å²) in [5, 5.41) is 11.8. The smallest absolute Gasteiger partial charge is 0.234 e. The molecule has 9 heteroatoms. The summed E-state index contributed by atoms with van der Waals surface area (Å²) in [5.41, 5.74) is 1.36. The van der Waals surface area contributed by atoms with Gasteiger partial charge in [-0.2, -0.15) is 0 Å². The van der Waals surface area contributed by atoms with Gasteiger partial charge in [-0.1, -0.05) is 35.5 Å². The average Bonchev–Trinajstić information content (AvgIpc) is 3.02. The molecule has 0 saturated carbocycles. The number of amides is 1. The Morgan fingerprint density at radius 1 is 1.23 bits per heavy atom. The highest BCUT2D eigenvalue weighted by molar-refractivity contribution is 7.99. The Bertz CT molecular complexity index is 914. The van der Waals surface area contributed by atoms with Crippen LogP contribution in [0, 0.1) is 0 Å². The number of ether oxygens (including phenoxy) is 1. The second kappa shape index (κ2) is 8.11. The second-order valence-corrected chi connectivity index (χ2v) is 6.57. The fraction of sp³-hybridized carbons (Fsp3) is 0.118. The molecule has 0 aliphatic carbocycles. The maximum Gasteiger partial charge on any atom is 0.234 e. The summed E-state index contributed by atoms with van der Waals surface area (Å²) in [6.45, 7) is 0. The van der Waals surface area contributed by atoms with Crippen LogP contribution in [0.5, 0.6) is 5.75 Å². The number of benzene rings is 2. The molecule has 0 atom stereocenters. The summed E-state index contributed by atoms with van der Waals surface area (Å²) in [6.07, 6.45) is 0. The van der Waals surface area contributed by atoms with Crippen molar-refractivity contribution in [2.75, 3.05) is 24.0 Å². The van der Waals surface area contributed by atoms with E-state index in [4.69, 9.17) is 22.2 Å². The van der Waals surface area contributed by atoms with Crippen LogP contribution in [-0.4, -0.2) is 33.6 Å². The van der Waals surface area contributed by atoms with Gasteiger partial charge in [0.05, 0.1) is 23.6 Å². The number of hydrogen-bond acceptors (Lipinski definition) is 6. The number of anilines is 1. The van der Waals surface area contributed by atoms with E-state index >= 15 is 0 Å². The summed E-state index contributed by atoms with van der Waals surface area (Å²) >= 11 is 7.21. The monoisotopic (exact) mass is 389 g/mol. The van der Waals surface area contributed by atoms with Crippen molar-refractivity contribution in [2.24, 2.45) is 0 Å². The minimum Gasteiger partial charge on any atom is -0.497 e. The van der Waals surface area contributed by atoms with Crippen LogP contribution in [0.15, 0.2) is 53.7 Å². The van der Waals surface area contributed by atoms with Crippen molar-refractivity contribution in [1.82, 2.24) is 14.9 Å². The van der Waals surface area contributed by atoms with Crippen LogP contribution in [0.25, 0.3) is 11.4 Å². The predicted octanol–water partition coefficient (Wildman–Crippen LogP) is 3.05. The lowest BCUT2D eigenvalue weighted by Gasteiger charge is -2.07. The molecule has 0 radical (unpaired) electrons. The standard InChI is InChI=1S/C17H16ClN5O2S/c1-25-12-8-6-11(7-9-12)16-21-22-17(23(16)19)26-10-15(24)20-14-5-3-2-4-13(14)18/h2-9H,10,19H2,1H3,(H,20,24). The summed E-state index contributed by atoms with van der Waals surface area (Å²) < 4.78 is 6.49. The number of para-hydroxylation sites is 1. The Hall–Kier alpha value is -2.71. The van der Waals surface area contributed by atoms with E-state index in [0.29, 0.717) is 21.7 Å². The van der Waals surface area contributed by atoms with Gasteiger partial charge < -0.3 is 15.9 Å². The number of nitrogens with two attached hydrogens (primary N) is 1. The third-order valence-electron chi connectivity index (χ3n) is 3.49. The number of aromatic nitrogens is 3. The van der Waals surface area contributed by atoms with Crippen molar-refractivity contribution < 1.29 is 9.53 Å². The first kappa shape index (κ1) is 18.1. The van der Waals surface area contributed by atoms with Crippen LogP contribution in [0.1, 0.15) is 0 Å². The zero-order valence-corrected chi connectivity index (χ0v) is 15.4. The van der Waals surface area contributed by atoms with E-state index in [1.165, 1.54) is 16.4 Å². The van der Waals surface area contributed by atoms with Gasteiger partial charge in [-0.05, 0) is 36.4 Å². The molecule has 0 spiro atoms. The molecule has 1 amide bonds. The minimum atomic E-state index is -0.211. The number of thioether (sulfide) groups is 1. The summed E-state index contributed by atoms with van der Waals surface area (Å²) in [4.78, 5) is 12.1. The summed E-state index contributed by atoms with van der Waals surface area (Å²) in [6, 6.07) is 14.3. The topological polar surface area (TPSA) is 95.1 Å². The van der Waals surface area contributed by atoms with Crippen LogP contribution >= 0.6 is 23.4 Å². The molecular formula is C17H16ClN5O2S.